The van der Waals surface area contributed by atoms with E-state index in [2.05, 4.69) is 5.32 Å². The van der Waals surface area contributed by atoms with E-state index in [1.807, 2.05) is 0 Å². The maximum absolute atomic E-state index is 10.1. The Morgan fingerprint density at radius 3 is 2.93 bits per heavy atom. The van der Waals surface area contributed by atoms with Gasteiger partial charge in [-0.3, -0.25) is 0 Å². The van der Waals surface area contributed by atoms with Gasteiger partial charge in [0.1, 0.15) is 0 Å². The van der Waals surface area contributed by atoms with Gasteiger partial charge < -0.3 is 20.9 Å². The number of ether oxygens (including phenoxy) is 1. The first-order chi connectivity index (χ1) is 6.68. The van der Waals surface area contributed by atoms with Crippen LogP contribution in [0.5, 0.6) is 0 Å². The molecule has 0 aromatic carbocycles. The van der Waals surface area contributed by atoms with Crippen molar-refractivity contribution in [2.24, 2.45) is 5.73 Å². The quantitative estimate of drug-likeness (QED) is 0.580. The number of nitrogens with two attached hydrogens (primary N) is 1. The largest absolute Gasteiger partial charge is 0.389 e. The van der Waals surface area contributed by atoms with Crippen molar-refractivity contribution in [2.45, 2.75) is 43.4 Å². The second-order valence-corrected chi connectivity index (χ2v) is 4.67. The number of nitrogens with one attached hydrogen (secondary N) is 1. The van der Waals surface area contributed by atoms with Gasteiger partial charge in [-0.05, 0) is 25.7 Å². The van der Waals surface area contributed by atoms with Gasteiger partial charge >= 0.3 is 0 Å². The molecule has 1 saturated carbocycles. The number of hydrogen-bond donors (Lipinski definition) is 3. The van der Waals surface area contributed by atoms with E-state index < -0.39 is 5.60 Å². The highest BCUT2D eigenvalue weighted by atomic mass is 16.5. The molecule has 0 bridgehead atoms. The van der Waals surface area contributed by atoms with E-state index in [4.69, 9.17) is 10.5 Å². The van der Waals surface area contributed by atoms with Crippen LogP contribution in [0.25, 0.3) is 0 Å². The summed E-state index contributed by atoms with van der Waals surface area (Å²) >= 11 is 0. The van der Waals surface area contributed by atoms with Crippen LogP contribution in [0, 0.1) is 0 Å². The summed E-state index contributed by atoms with van der Waals surface area (Å²) in [5, 5.41) is 13.5. The van der Waals surface area contributed by atoms with Crippen LogP contribution in [0.3, 0.4) is 0 Å². The molecule has 2 rings (SSSR count). The van der Waals surface area contributed by atoms with Crippen LogP contribution in [-0.2, 0) is 4.74 Å². The minimum absolute atomic E-state index is 0.182. The fraction of sp³-hybridized carbons (Fsp3) is 1.00. The van der Waals surface area contributed by atoms with Gasteiger partial charge in [0.25, 0.3) is 0 Å². The van der Waals surface area contributed by atoms with Crippen LogP contribution >= 0.6 is 0 Å². The summed E-state index contributed by atoms with van der Waals surface area (Å²) in [7, 11) is 0. The van der Waals surface area contributed by atoms with Gasteiger partial charge in [0.05, 0.1) is 12.2 Å². The molecule has 1 saturated heterocycles. The van der Waals surface area contributed by atoms with Gasteiger partial charge in [-0.25, -0.2) is 0 Å². The van der Waals surface area contributed by atoms with E-state index in [9.17, 15) is 5.11 Å². The number of rotatable bonds is 3. The van der Waals surface area contributed by atoms with Crippen molar-refractivity contribution in [1.29, 1.82) is 0 Å². The average molecular weight is 200 g/mol. The van der Waals surface area contributed by atoms with Crippen molar-refractivity contribution in [3.05, 3.63) is 0 Å². The first-order valence-electron chi connectivity index (χ1n) is 5.47. The first-order valence-corrected chi connectivity index (χ1v) is 5.47. The highest BCUT2D eigenvalue weighted by molar-refractivity contribution is 4.93. The zero-order valence-corrected chi connectivity index (χ0v) is 8.54. The van der Waals surface area contributed by atoms with Gasteiger partial charge in [0.2, 0.25) is 0 Å². The second kappa shape index (κ2) is 4.14. The predicted molar refractivity (Wildman–Crippen MR) is 54.0 cm³/mol. The zero-order valence-electron chi connectivity index (χ0n) is 8.54. The predicted octanol–water partition coefficient (Wildman–Crippen LogP) is -0.393. The Balaban J connectivity index is 1.73. The summed E-state index contributed by atoms with van der Waals surface area (Å²) in [5.41, 5.74) is 5.21. The molecule has 2 fully saturated rings. The van der Waals surface area contributed by atoms with Crippen LogP contribution in [0.2, 0.25) is 0 Å². The number of aliphatic hydroxyl groups is 1. The van der Waals surface area contributed by atoms with Crippen LogP contribution in [0.4, 0.5) is 0 Å². The number of hydrogen-bond acceptors (Lipinski definition) is 4. The van der Waals surface area contributed by atoms with Crippen molar-refractivity contribution in [3.8, 4) is 0 Å². The summed E-state index contributed by atoms with van der Waals surface area (Å²) in [4.78, 5) is 0. The fourth-order valence-corrected chi connectivity index (χ4v) is 2.34. The summed E-state index contributed by atoms with van der Waals surface area (Å²) in [6, 6.07) is 0.609. The van der Waals surface area contributed by atoms with E-state index in [1.54, 1.807) is 0 Å². The van der Waals surface area contributed by atoms with Crippen LogP contribution in [0.15, 0.2) is 0 Å². The Hall–Kier alpha value is -0.160. The van der Waals surface area contributed by atoms with Gasteiger partial charge in [-0.2, -0.15) is 0 Å². The molecule has 3 unspecified atom stereocenters. The Morgan fingerprint density at radius 2 is 2.36 bits per heavy atom. The second-order valence-electron chi connectivity index (χ2n) is 4.67. The van der Waals surface area contributed by atoms with E-state index >= 15 is 0 Å². The standard InChI is InChI=1S/C10H20N2O2/c11-8-1-3-10(13,5-8)7-12-9-2-4-14-6-9/h8-9,12-13H,1-7,11H2. The van der Waals surface area contributed by atoms with Crippen molar-refractivity contribution in [3.63, 3.8) is 0 Å². The first kappa shape index (κ1) is 10.4. The molecule has 4 nitrogen and oxygen atoms in total. The summed E-state index contributed by atoms with van der Waals surface area (Å²) < 4.78 is 5.26. The molecule has 0 aromatic rings. The van der Waals surface area contributed by atoms with Crippen molar-refractivity contribution in [2.75, 3.05) is 19.8 Å². The maximum Gasteiger partial charge on any atom is 0.0787 e. The molecule has 1 heterocycles. The van der Waals surface area contributed by atoms with Gasteiger partial charge in [0.15, 0.2) is 0 Å². The molecule has 0 aromatic heterocycles. The molecule has 0 radical (unpaired) electrons. The molecule has 82 valence electrons. The van der Waals surface area contributed by atoms with Crippen molar-refractivity contribution >= 4 is 0 Å². The van der Waals surface area contributed by atoms with Gasteiger partial charge in [-0.15, -0.1) is 0 Å². The molecule has 14 heavy (non-hydrogen) atoms. The minimum Gasteiger partial charge on any atom is -0.389 e. The molecule has 2 aliphatic rings. The Labute approximate surface area is 84.8 Å². The van der Waals surface area contributed by atoms with E-state index in [-0.39, 0.29) is 6.04 Å². The molecule has 1 aliphatic carbocycles. The van der Waals surface area contributed by atoms with Crippen LogP contribution < -0.4 is 11.1 Å². The normalized spacial score (nSPS) is 43.3. The smallest absolute Gasteiger partial charge is 0.0787 e. The lowest BCUT2D eigenvalue weighted by Crippen LogP contribution is -2.43. The highest BCUT2D eigenvalue weighted by Crippen LogP contribution is 2.28. The summed E-state index contributed by atoms with van der Waals surface area (Å²) in [6.07, 6.45) is 3.56. The Bertz CT molecular complexity index is 195. The van der Waals surface area contributed by atoms with Gasteiger partial charge in [-0.1, -0.05) is 0 Å². The molecular weight excluding hydrogens is 180 g/mol. The molecule has 1 aliphatic heterocycles. The molecule has 4 N–H and O–H groups in total. The molecule has 0 spiro atoms. The summed E-state index contributed by atoms with van der Waals surface area (Å²) in [5.74, 6) is 0. The van der Waals surface area contributed by atoms with E-state index in [0.29, 0.717) is 12.6 Å². The van der Waals surface area contributed by atoms with E-state index in [0.717, 1.165) is 38.9 Å². The average Bonchev–Trinajstić information content (AvgIpc) is 2.73. The highest BCUT2D eigenvalue weighted by Gasteiger charge is 2.35. The Kier molecular flexibility index (Phi) is 3.07. The lowest BCUT2D eigenvalue weighted by Gasteiger charge is -2.24. The van der Waals surface area contributed by atoms with Crippen LogP contribution in [-0.4, -0.2) is 42.5 Å². The van der Waals surface area contributed by atoms with Crippen LogP contribution in [0.1, 0.15) is 25.7 Å². The Morgan fingerprint density at radius 1 is 1.50 bits per heavy atom. The lowest BCUT2D eigenvalue weighted by molar-refractivity contribution is 0.0430. The third-order valence-electron chi connectivity index (χ3n) is 3.27. The SMILES string of the molecule is NC1CCC(O)(CNC2CCOC2)C1. The minimum atomic E-state index is -0.567. The van der Waals surface area contributed by atoms with Crippen molar-refractivity contribution < 1.29 is 9.84 Å². The maximum atomic E-state index is 10.1. The molecule has 3 atom stereocenters. The van der Waals surface area contributed by atoms with E-state index in [1.165, 1.54) is 0 Å². The third-order valence-corrected chi connectivity index (χ3v) is 3.27. The molecule has 4 heteroatoms. The lowest BCUT2D eigenvalue weighted by atomic mass is 10.0. The molecular formula is C10H20N2O2. The third kappa shape index (κ3) is 2.45. The summed E-state index contributed by atoms with van der Waals surface area (Å²) in [6.45, 7) is 2.28. The fourth-order valence-electron chi connectivity index (χ4n) is 2.34. The van der Waals surface area contributed by atoms with Crippen molar-refractivity contribution in [1.82, 2.24) is 5.32 Å². The van der Waals surface area contributed by atoms with Gasteiger partial charge in [0, 0.05) is 25.2 Å². The molecule has 0 amide bonds. The monoisotopic (exact) mass is 200 g/mol. The topological polar surface area (TPSA) is 67.5 Å². The zero-order chi connectivity index (χ0) is 10.0.